The van der Waals surface area contributed by atoms with E-state index in [-0.39, 0.29) is 6.54 Å². The fraction of sp³-hybridized carbons (Fsp3) is 0.400. The van der Waals surface area contributed by atoms with E-state index in [0.29, 0.717) is 18.3 Å². The first kappa shape index (κ1) is 12.7. The van der Waals surface area contributed by atoms with Crippen molar-refractivity contribution in [1.82, 2.24) is 15.0 Å². The summed E-state index contributed by atoms with van der Waals surface area (Å²) in [6, 6.07) is 2.11. The van der Waals surface area contributed by atoms with Crippen LogP contribution in [0.3, 0.4) is 0 Å². The smallest absolute Gasteiger partial charge is 0.240 e. The zero-order valence-corrected chi connectivity index (χ0v) is 11.8. The lowest BCUT2D eigenvalue weighted by atomic mass is 10.3. The van der Waals surface area contributed by atoms with Crippen molar-refractivity contribution in [2.24, 2.45) is 5.73 Å². The molecule has 0 saturated carbocycles. The summed E-state index contributed by atoms with van der Waals surface area (Å²) in [6.07, 6.45) is 0. The van der Waals surface area contributed by atoms with Crippen molar-refractivity contribution in [2.75, 3.05) is 7.05 Å². The largest absolute Gasteiger partial charge is 0.338 e. The van der Waals surface area contributed by atoms with Crippen LogP contribution in [0.2, 0.25) is 0 Å². The Kier molecular flexibility index (Phi) is 4.27. The first-order valence-corrected chi connectivity index (χ1v) is 6.77. The molecule has 0 saturated heterocycles. The van der Waals surface area contributed by atoms with Crippen LogP contribution in [0.5, 0.6) is 0 Å². The van der Waals surface area contributed by atoms with Gasteiger partial charge in [-0.1, -0.05) is 5.16 Å². The van der Waals surface area contributed by atoms with E-state index >= 15 is 0 Å². The minimum absolute atomic E-state index is 0.286. The maximum absolute atomic E-state index is 5.41. The third-order valence-electron chi connectivity index (χ3n) is 2.17. The maximum atomic E-state index is 5.41. The molecule has 0 atom stereocenters. The summed E-state index contributed by atoms with van der Waals surface area (Å²) in [7, 11) is 2.02. The fourth-order valence-electron chi connectivity index (χ4n) is 1.47. The number of hydrogen-bond acceptors (Lipinski definition) is 6. The Morgan fingerprint density at radius 2 is 2.35 bits per heavy atom. The second kappa shape index (κ2) is 5.72. The highest BCUT2D eigenvalue weighted by molar-refractivity contribution is 9.11. The summed E-state index contributed by atoms with van der Waals surface area (Å²) < 4.78 is 6.10. The number of hydrogen-bond donors (Lipinski definition) is 1. The molecule has 0 amide bonds. The van der Waals surface area contributed by atoms with E-state index in [2.05, 4.69) is 42.4 Å². The molecule has 0 bridgehead atoms. The van der Waals surface area contributed by atoms with E-state index in [0.717, 1.165) is 10.3 Å². The Hall–Kier alpha value is -0.760. The van der Waals surface area contributed by atoms with E-state index in [4.69, 9.17) is 10.3 Å². The van der Waals surface area contributed by atoms with Gasteiger partial charge in [0.25, 0.3) is 0 Å². The molecule has 0 aliphatic heterocycles. The molecule has 0 aliphatic carbocycles. The summed E-state index contributed by atoms with van der Waals surface area (Å²) in [4.78, 5) is 6.29. The number of halogens is 1. The van der Waals surface area contributed by atoms with Crippen molar-refractivity contribution >= 4 is 27.3 Å². The maximum Gasteiger partial charge on any atom is 0.240 e. The van der Waals surface area contributed by atoms with E-state index < -0.39 is 0 Å². The lowest BCUT2D eigenvalue weighted by Crippen LogP contribution is -2.17. The molecule has 2 aromatic rings. The molecule has 92 valence electrons. The van der Waals surface area contributed by atoms with Gasteiger partial charge in [0, 0.05) is 6.54 Å². The Balaban J connectivity index is 1.90. The summed E-state index contributed by atoms with van der Waals surface area (Å²) in [5.41, 5.74) is 6.68. The summed E-state index contributed by atoms with van der Waals surface area (Å²) >= 11 is 5.13. The summed E-state index contributed by atoms with van der Waals surface area (Å²) in [5.74, 6) is 1.15. The van der Waals surface area contributed by atoms with Crippen molar-refractivity contribution in [3.8, 4) is 0 Å². The van der Waals surface area contributed by atoms with E-state index in [9.17, 15) is 0 Å². The molecule has 17 heavy (non-hydrogen) atoms. The normalized spacial score (nSPS) is 11.3. The van der Waals surface area contributed by atoms with Crippen molar-refractivity contribution in [3.63, 3.8) is 0 Å². The summed E-state index contributed by atoms with van der Waals surface area (Å²) in [6.45, 7) is 1.79. The van der Waals surface area contributed by atoms with Gasteiger partial charge in [-0.15, -0.1) is 11.3 Å². The zero-order valence-electron chi connectivity index (χ0n) is 9.39. The standard InChI is InChI=1S/C10H13BrN4OS/c1-15(4-7-2-8(11)17-6-7)5-9-13-10(3-12)16-14-9/h2,6H,3-5,12H2,1H3. The highest BCUT2D eigenvalue weighted by atomic mass is 79.9. The Morgan fingerprint density at radius 1 is 1.53 bits per heavy atom. The Bertz CT molecular complexity index is 484. The zero-order chi connectivity index (χ0) is 12.3. The molecule has 0 aromatic carbocycles. The quantitative estimate of drug-likeness (QED) is 0.913. The minimum atomic E-state index is 0.286. The van der Waals surface area contributed by atoms with Crippen LogP contribution >= 0.6 is 27.3 Å². The van der Waals surface area contributed by atoms with Crippen LogP contribution < -0.4 is 5.73 Å². The van der Waals surface area contributed by atoms with Crippen LogP contribution in [0.25, 0.3) is 0 Å². The SMILES string of the molecule is CN(Cc1csc(Br)c1)Cc1noc(CN)n1. The molecule has 0 spiro atoms. The van der Waals surface area contributed by atoms with Gasteiger partial charge >= 0.3 is 0 Å². The average Bonchev–Trinajstić information content (AvgIpc) is 2.88. The molecule has 7 heteroatoms. The van der Waals surface area contributed by atoms with Gasteiger partial charge in [-0.3, -0.25) is 4.90 Å². The molecule has 2 N–H and O–H groups in total. The molecule has 0 fully saturated rings. The van der Waals surface area contributed by atoms with Gasteiger partial charge in [0.15, 0.2) is 5.82 Å². The van der Waals surface area contributed by atoms with Gasteiger partial charge < -0.3 is 10.3 Å². The van der Waals surface area contributed by atoms with Crippen molar-refractivity contribution in [2.45, 2.75) is 19.6 Å². The number of rotatable bonds is 5. The van der Waals surface area contributed by atoms with Crippen LogP contribution in [0.4, 0.5) is 0 Å². The Labute approximate surface area is 112 Å². The van der Waals surface area contributed by atoms with Gasteiger partial charge in [0.2, 0.25) is 5.89 Å². The molecule has 0 aliphatic rings. The monoisotopic (exact) mass is 316 g/mol. The fourth-order valence-corrected chi connectivity index (χ4v) is 2.68. The molecule has 2 aromatic heterocycles. The van der Waals surface area contributed by atoms with Crippen LogP contribution in [0.1, 0.15) is 17.3 Å². The van der Waals surface area contributed by atoms with Gasteiger partial charge in [-0.05, 0) is 40.0 Å². The minimum Gasteiger partial charge on any atom is -0.338 e. The first-order valence-electron chi connectivity index (χ1n) is 5.10. The average molecular weight is 317 g/mol. The highest BCUT2D eigenvalue weighted by Gasteiger charge is 2.08. The predicted octanol–water partition coefficient (Wildman–Crippen LogP) is 1.98. The molecule has 2 rings (SSSR count). The molecule has 5 nitrogen and oxygen atoms in total. The van der Waals surface area contributed by atoms with Gasteiger partial charge in [-0.25, -0.2) is 0 Å². The van der Waals surface area contributed by atoms with Crippen LogP contribution in [-0.4, -0.2) is 22.1 Å². The van der Waals surface area contributed by atoms with Crippen LogP contribution in [-0.2, 0) is 19.6 Å². The second-order valence-electron chi connectivity index (χ2n) is 3.74. The topological polar surface area (TPSA) is 68.2 Å². The number of nitrogens with zero attached hydrogens (tertiary/aromatic N) is 3. The number of thiophene rings is 1. The number of nitrogens with two attached hydrogens (primary N) is 1. The van der Waals surface area contributed by atoms with E-state index in [1.807, 2.05) is 7.05 Å². The molecular weight excluding hydrogens is 304 g/mol. The molecular formula is C10H13BrN4OS. The van der Waals surface area contributed by atoms with E-state index in [1.54, 1.807) is 11.3 Å². The third kappa shape index (κ3) is 3.60. The van der Waals surface area contributed by atoms with E-state index in [1.165, 1.54) is 5.56 Å². The molecule has 2 heterocycles. The Morgan fingerprint density at radius 3 is 2.94 bits per heavy atom. The van der Waals surface area contributed by atoms with Gasteiger partial charge in [-0.2, -0.15) is 4.98 Å². The van der Waals surface area contributed by atoms with Crippen molar-refractivity contribution < 1.29 is 4.52 Å². The van der Waals surface area contributed by atoms with Crippen LogP contribution in [0.15, 0.2) is 19.8 Å². The third-order valence-corrected chi connectivity index (χ3v) is 3.72. The first-order chi connectivity index (χ1) is 8.17. The lowest BCUT2D eigenvalue weighted by Gasteiger charge is -2.12. The highest BCUT2D eigenvalue weighted by Crippen LogP contribution is 2.21. The molecule has 0 unspecified atom stereocenters. The number of aromatic nitrogens is 2. The van der Waals surface area contributed by atoms with Crippen LogP contribution in [0, 0.1) is 0 Å². The predicted molar refractivity (Wildman–Crippen MR) is 69.4 cm³/mol. The van der Waals surface area contributed by atoms with Gasteiger partial charge in [0.1, 0.15) is 0 Å². The summed E-state index contributed by atoms with van der Waals surface area (Å²) in [5, 5.41) is 5.99. The van der Waals surface area contributed by atoms with Crippen molar-refractivity contribution in [3.05, 3.63) is 32.5 Å². The lowest BCUT2D eigenvalue weighted by molar-refractivity contribution is 0.300. The molecule has 0 radical (unpaired) electrons. The van der Waals surface area contributed by atoms with Crippen molar-refractivity contribution in [1.29, 1.82) is 0 Å². The second-order valence-corrected chi connectivity index (χ2v) is 6.03. The van der Waals surface area contributed by atoms with Gasteiger partial charge in [0.05, 0.1) is 16.9 Å².